The summed E-state index contributed by atoms with van der Waals surface area (Å²) >= 11 is 10.8. The van der Waals surface area contributed by atoms with E-state index in [1.807, 2.05) is 24.0 Å². The van der Waals surface area contributed by atoms with Crippen molar-refractivity contribution in [3.05, 3.63) is 21.5 Å². The van der Waals surface area contributed by atoms with E-state index in [4.69, 9.17) is 12.2 Å². The third-order valence-corrected chi connectivity index (χ3v) is 5.88. The summed E-state index contributed by atoms with van der Waals surface area (Å²) in [5, 5.41) is 0. The molecule has 0 aliphatic heterocycles. The van der Waals surface area contributed by atoms with Crippen LogP contribution in [0.25, 0.3) is 11.2 Å². The minimum absolute atomic E-state index is 0.363. The average Bonchev–Trinajstić information content (AvgIpc) is 2.59. The summed E-state index contributed by atoms with van der Waals surface area (Å²) in [6.45, 7) is 0.960. The predicted octanol–water partition coefficient (Wildman–Crippen LogP) is 4.14. The standard InChI is InChI=1S/C12H14BrN3S2/c1-18-12(3-2-4-12)7-16-10-9(15-11(16)17)5-8(13)6-14-10/h5-6H,2-4,7H2,1H3,(H,15,17). The van der Waals surface area contributed by atoms with Crippen molar-refractivity contribution < 1.29 is 0 Å². The maximum atomic E-state index is 5.43. The van der Waals surface area contributed by atoms with E-state index < -0.39 is 0 Å². The number of nitrogens with zero attached hydrogens (tertiary/aromatic N) is 2. The van der Waals surface area contributed by atoms with Gasteiger partial charge in [-0.05, 0) is 53.3 Å². The third kappa shape index (κ3) is 2.04. The Morgan fingerprint density at radius 3 is 3.00 bits per heavy atom. The number of hydrogen-bond acceptors (Lipinski definition) is 3. The van der Waals surface area contributed by atoms with Gasteiger partial charge in [-0.15, -0.1) is 0 Å². The summed E-state index contributed by atoms with van der Waals surface area (Å²) in [6.07, 6.45) is 7.91. The van der Waals surface area contributed by atoms with Crippen LogP contribution < -0.4 is 0 Å². The van der Waals surface area contributed by atoms with E-state index in [2.05, 4.69) is 36.7 Å². The van der Waals surface area contributed by atoms with Crippen LogP contribution in [0.1, 0.15) is 19.3 Å². The summed E-state index contributed by atoms with van der Waals surface area (Å²) in [5.41, 5.74) is 1.97. The van der Waals surface area contributed by atoms with Crippen molar-refractivity contribution in [1.82, 2.24) is 14.5 Å². The van der Waals surface area contributed by atoms with E-state index in [1.54, 1.807) is 0 Å². The molecule has 18 heavy (non-hydrogen) atoms. The molecule has 6 heteroatoms. The van der Waals surface area contributed by atoms with Gasteiger partial charge >= 0.3 is 0 Å². The molecule has 0 aromatic carbocycles. The normalized spacial score (nSPS) is 17.9. The summed E-state index contributed by atoms with van der Waals surface area (Å²) < 4.78 is 4.26. The number of pyridine rings is 1. The zero-order chi connectivity index (χ0) is 12.8. The molecule has 1 aliphatic carbocycles. The maximum absolute atomic E-state index is 5.43. The quantitative estimate of drug-likeness (QED) is 0.850. The van der Waals surface area contributed by atoms with Gasteiger partial charge in [0.2, 0.25) is 0 Å². The van der Waals surface area contributed by atoms with Crippen molar-refractivity contribution in [1.29, 1.82) is 0 Å². The third-order valence-electron chi connectivity index (χ3n) is 3.72. The highest BCUT2D eigenvalue weighted by Gasteiger charge is 2.37. The Balaban J connectivity index is 2.06. The molecule has 0 atom stereocenters. The Labute approximate surface area is 124 Å². The highest BCUT2D eigenvalue weighted by molar-refractivity contribution is 9.10. The lowest BCUT2D eigenvalue weighted by atomic mass is 9.84. The molecule has 3 nitrogen and oxygen atoms in total. The molecule has 2 aromatic heterocycles. The first-order valence-corrected chi connectivity index (χ1v) is 8.35. The van der Waals surface area contributed by atoms with Crippen molar-refractivity contribution >= 4 is 51.1 Å². The number of rotatable bonds is 3. The van der Waals surface area contributed by atoms with Gasteiger partial charge in [0, 0.05) is 22.0 Å². The number of aromatic nitrogens is 3. The largest absolute Gasteiger partial charge is 0.329 e. The molecule has 1 aliphatic rings. The Morgan fingerprint density at radius 2 is 2.39 bits per heavy atom. The number of imidazole rings is 1. The van der Waals surface area contributed by atoms with E-state index >= 15 is 0 Å². The molecule has 2 aromatic rings. The minimum Gasteiger partial charge on any atom is -0.329 e. The second kappa shape index (κ2) is 4.65. The highest BCUT2D eigenvalue weighted by atomic mass is 79.9. The molecule has 0 bridgehead atoms. The number of halogens is 1. The first-order valence-electron chi connectivity index (χ1n) is 5.93. The molecule has 0 unspecified atom stereocenters. The lowest BCUT2D eigenvalue weighted by Crippen LogP contribution is -2.37. The van der Waals surface area contributed by atoms with Crippen LogP contribution in [0.15, 0.2) is 16.7 Å². The van der Waals surface area contributed by atoms with Gasteiger partial charge in [-0.2, -0.15) is 11.8 Å². The molecule has 2 heterocycles. The Morgan fingerprint density at radius 1 is 1.61 bits per heavy atom. The monoisotopic (exact) mass is 343 g/mol. The number of hydrogen-bond donors (Lipinski definition) is 1. The van der Waals surface area contributed by atoms with Crippen molar-refractivity contribution in [3.63, 3.8) is 0 Å². The Kier molecular flexibility index (Phi) is 3.28. The van der Waals surface area contributed by atoms with Gasteiger partial charge in [-0.1, -0.05) is 6.42 Å². The van der Waals surface area contributed by atoms with Crippen LogP contribution in [0.4, 0.5) is 0 Å². The van der Waals surface area contributed by atoms with Crippen molar-refractivity contribution in [2.45, 2.75) is 30.6 Å². The minimum atomic E-state index is 0.363. The van der Waals surface area contributed by atoms with Crippen LogP contribution in [0, 0.1) is 4.77 Å². The topological polar surface area (TPSA) is 33.6 Å². The summed E-state index contributed by atoms with van der Waals surface area (Å²) in [7, 11) is 0. The van der Waals surface area contributed by atoms with E-state index in [1.165, 1.54) is 19.3 Å². The van der Waals surface area contributed by atoms with Gasteiger partial charge in [0.05, 0.1) is 5.52 Å². The Bertz CT molecular complexity index is 637. The van der Waals surface area contributed by atoms with Crippen molar-refractivity contribution in [2.24, 2.45) is 0 Å². The van der Waals surface area contributed by atoms with E-state index in [0.717, 1.165) is 27.0 Å². The Hall–Kier alpha value is -0.330. The van der Waals surface area contributed by atoms with Crippen LogP contribution in [-0.4, -0.2) is 25.5 Å². The first kappa shape index (κ1) is 12.7. The van der Waals surface area contributed by atoms with Gasteiger partial charge in [0.1, 0.15) is 0 Å². The van der Waals surface area contributed by atoms with E-state index in [-0.39, 0.29) is 0 Å². The number of fused-ring (bicyclic) bond motifs is 1. The number of aromatic amines is 1. The second-order valence-electron chi connectivity index (χ2n) is 4.78. The zero-order valence-electron chi connectivity index (χ0n) is 10.1. The second-order valence-corrected chi connectivity index (χ2v) is 7.36. The van der Waals surface area contributed by atoms with Crippen molar-refractivity contribution in [2.75, 3.05) is 6.26 Å². The molecule has 0 spiro atoms. The summed E-state index contributed by atoms with van der Waals surface area (Å²) in [6, 6.07) is 2.03. The number of H-pyrrole nitrogens is 1. The number of nitrogens with one attached hydrogen (secondary N) is 1. The van der Waals surface area contributed by atoms with Gasteiger partial charge in [-0.3, -0.25) is 0 Å². The smallest absolute Gasteiger partial charge is 0.179 e. The zero-order valence-corrected chi connectivity index (χ0v) is 13.3. The van der Waals surface area contributed by atoms with Gasteiger partial charge in [0.25, 0.3) is 0 Å². The van der Waals surface area contributed by atoms with E-state index in [9.17, 15) is 0 Å². The van der Waals surface area contributed by atoms with Gasteiger partial charge in [0.15, 0.2) is 10.4 Å². The van der Waals surface area contributed by atoms with E-state index in [0.29, 0.717) is 4.75 Å². The fourth-order valence-electron chi connectivity index (χ4n) is 2.45. The van der Waals surface area contributed by atoms with Crippen LogP contribution in [0.5, 0.6) is 0 Å². The molecule has 0 saturated heterocycles. The highest BCUT2D eigenvalue weighted by Crippen LogP contribution is 2.44. The molecular weight excluding hydrogens is 330 g/mol. The van der Waals surface area contributed by atoms with Crippen LogP contribution in [0.3, 0.4) is 0 Å². The number of thioether (sulfide) groups is 1. The molecule has 3 rings (SSSR count). The molecule has 0 amide bonds. The summed E-state index contributed by atoms with van der Waals surface area (Å²) in [5.74, 6) is 0. The fraction of sp³-hybridized carbons (Fsp3) is 0.500. The molecule has 1 saturated carbocycles. The van der Waals surface area contributed by atoms with Gasteiger partial charge in [-0.25, -0.2) is 4.98 Å². The molecular formula is C12H14BrN3S2. The molecule has 1 N–H and O–H groups in total. The van der Waals surface area contributed by atoms with Crippen LogP contribution in [0.2, 0.25) is 0 Å². The molecule has 96 valence electrons. The fourth-order valence-corrected chi connectivity index (χ4v) is 4.00. The molecule has 0 radical (unpaired) electrons. The SMILES string of the molecule is CSC1(Cn2c(=S)[nH]c3cc(Br)cnc32)CCC1. The van der Waals surface area contributed by atoms with Crippen molar-refractivity contribution in [3.8, 4) is 0 Å². The maximum Gasteiger partial charge on any atom is 0.179 e. The summed E-state index contributed by atoms with van der Waals surface area (Å²) in [4.78, 5) is 7.73. The van der Waals surface area contributed by atoms with Crippen LogP contribution >= 0.6 is 39.9 Å². The lowest BCUT2D eigenvalue weighted by molar-refractivity contribution is 0.323. The molecule has 1 fully saturated rings. The average molecular weight is 344 g/mol. The lowest BCUT2D eigenvalue weighted by Gasteiger charge is -2.40. The predicted molar refractivity (Wildman–Crippen MR) is 82.7 cm³/mol. The van der Waals surface area contributed by atoms with Crippen LogP contribution in [-0.2, 0) is 6.54 Å². The first-order chi connectivity index (χ1) is 8.63. The van der Waals surface area contributed by atoms with Gasteiger partial charge < -0.3 is 9.55 Å².